The van der Waals surface area contributed by atoms with Crippen molar-refractivity contribution in [2.75, 3.05) is 0 Å². The molecule has 1 aromatic rings. The van der Waals surface area contributed by atoms with Gasteiger partial charge in [-0.1, -0.05) is 19.4 Å². The molecule has 1 aromatic heterocycles. The minimum Gasteiger partial charge on any atom is -0.481 e. The molecule has 2 unspecified atom stereocenters. The number of carboxylic acid groups (broad SMARTS) is 1. The first kappa shape index (κ1) is 16.7. The van der Waals surface area contributed by atoms with E-state index in [4.69, 9.17) is 0 Å². The first-order valence-corrected chi connectivity index (χ1v) is 7.65. The van der Waals surface area contributed by atoms with Gasteiger partial charge in [-0.05, 0) is 37.1 Å². The van der Waals surface area contributed by atoms with E-state index in [-0.39, 0.29) is 6.41 Å². The lowest BCUT2D eigenvalue weighted by Crippen LogP contribution is -2.41. The van der Waals surface area contributed by atoms with Crippen LogP contribution in [0.2, 0.25) is 0 Å². The monoisotopic (exact) mass is 299 g/mol. The molecule has 1 rings (SSSR count). The number of carboxylic acids is 1. The molecule has 1 heterocycles. The third kappa shape index (κ3) is 4.94. The molecule has 20 heavy (non-hydrogen) atoms. The van der Waals surface area contributed by atoms with Crippen molar-refractivity contribution in [1.82, 2.24) is 5.06 Å². The molecule has 0 aliphatic carbocycles. The lowest BCUT2D eigenvalue weighted by molar-refractivity contribution is -0.173. The van der Waals surface area contributed by atoms with E-state index in [2.05, 4.69) is 0 Å². The van der Waals surface area contributed by atoms with E-state index in [1.807, 2.05) is 24.4 Å². The van der Waals surface area contributed by atoms with Crippen molar-refractivity contribution in [3.63, 3.8) is 0 Å². The van der Waals surface area contributed by atoms with Crippen LogP contribution in [0, 0.1) is 5.92 Å². The van der Waals surface area contributed by atoms with E-state index >= 15 is 0 Å². The van der Waals surface area contributed by atoms with Crippen molar-refractivity contribution in [2.45, 2.75) is 45.1 Å². The highest BCUT2D eigenvalue weighted by Crippen LogP contribution is 2.22. The Bertz CT molecular complexity index is 407. The molecule has 1 amide bonds. The maximum atomic E-state index is 11.4. The predicted molar refractivity (Wildman–Crippen MR) is 76.8 cm³/mol. The summed E-state index contributed by atoms with van der Waals surface area (Å²) in [5.41, 5.74) is 0. The van der Waals surface area contributed by atoms with Gasteiger partial charge in [-0.3, -0.25) is 14.8 Å². The molecule has 0 spiro atoms. The fraction of sp³-hybridized carbons (Fsp3) is 0.571. The predicted octanol–water partition coefficient (Wildman–Crippen LogP) is 2.79. The SMILES string of the molecule is CCCC(C(CCCc1cccs1)C(=O)O)N(O)C=O. The van der Waals surface area contributed by atoms with Crippen molar-refractivity contribution < 1.29 is 19.9 Å². The molecule has 0 aromatic carbocycles. The van der Waals surface area contributed by atoms with Crippen LogP contribution in [0.15, 0.2) is 17.5 Å². The number of hydrogen-bond donors (Lipinski definition) is 2. The van der Waals surface area contributed by atoms with Gasteiger partial charge in [-0.2, -0.15) is 0 Å². The minimum atomic E-state index is -0.962. The number of hydroxylamine groups is 2. The Morgan fingerprint density at radius 1 is 1.50 bits per heavy atom. The first-order chi connectivity index (χ1) is 9.60. The zero-order chi connectivity index (χ0) is 15.0. The Kier molecular flexibility index (Phi) is 7.25. The fourth-order valence-electron chi connectivity index (χ4n) is 2.32. The number of carbonyl (C=O) groups is 2. The van der Waals surface area contributed by atoms with Gasteiger partial charge in [0.15, 0.2) is 0 Å². The maximum Gasteiger partial charge on any atom is 0.308 e. The molecule has 0 saturated carbocycles. The molecule has 0 bridgehead atoms. The van der Waals surface area contributed by atoms with Crippen LogP contribution in [0.3, 0.4) is 0 Å². The first-order valence-electron chi connectivity index (χ1n) is 6.77. The number of aliphatic carboxylic acids is 1. The van der Waals surface area contributed by atoms with Gasteiger partial charge in [0.2, 0.25) is 6.41 Å². The molecular weight excluding hydrogens is 278 g/mol. The lowest BCUT2D eigenvalue weighted by atomic mass is 9.90. The highest BCUT2D eigenvalue weighted by molar-refractivity contribution is 7.09. The second-order valence-corrected chi connectivity index (χ2v) is 5.79. The molecule has 0 aliphatic heterocycles. The standard InChI is InChI=1S/C14H21NO4S/c1-2-5-13(15(19)10-16)12(14(17)18)8-3-6-11-7-4-9-20-11/h4,7,9-10,12-13,19H,2-3,5-6,8H2,1H3,(H,17,18). The van der Waals surface area contributed by atoms with Crippen LogP contribution in [0.4, 0.5) is 0 Å². The Balaban J connectivity index is 2.60. The number of thiophene rings is 1. The van der Waals surface area contributed by atoms with Crippen LogP contribution in [0.25, 0.3) is 0 Å². The largest absolute Gasteiger partial charge is 0.481 e. The maximum absolute atomic E-state index is 11.4. The number of nitrogens with zero attached hydrogens (tertiary/aromatic N) is 1. The summed E-state index contributed by atoms with van der Waals surface area (Å²) < 4.78 is 0. The highest BCUT2D eigenvalue weighted by Gasteiger charge is 2.31. The average Bonchev–Trinajstić information content (AvgIpc) is 2.93. The number of rotatable bonds is 10. The Hall–Kier alpha value is -1.40. The molecule has 5 nitrogen and oxygen atoms in total. The van der Waals surface area contributed by atoms with E-state index in [0.29, 0.717) is 24.3 Å². The van der Waals surface area contributed by atoms with Crippen LogP contribution in [-0.2, 0) is 16.0 Å². The Morgan fingerprint density at radius 3 is 2.75 bits per heavy atom. The van der Waals surface area contributed by atoms with Gasteiger partial charge in [0.1, 0.15) is 0 Å². The minimum absolute atomic E-state index is 0.287. The van der Waals surface area contributed by atoms with Crippen LogP contribution < -0.4 is 0 Å². The summed E-state index contributed by atoms with van der Waals surface area (Å²) in [6.07, 6.45) is 3.48. The van der Waals surface area contributed by atoms with Crippen LogP contribution >= 0.6 is 11.3 Å². The zero-order valence-electron chi connectivity index (χ0n) is 11.6. The van der Waals surface area contributed by atoms with Crippen LogP contribution in [0.1, 0.15) is 37.5 Å². The van der Waals surface area contributed by atoms with Crippen LogP contribution in [-0.4, -0.2) is 33.8 Å². The number of hydrogen-bond acceptors (Lipinski definition) is 4. The van der Waals surface area contributed by atoms with Gasteiger partial charge in [0.25, 0.3) is 0 Å². The summed E-state index contributed by atoms with van der Waals surface area (Å²) in [5.74, 6) is -1.69. The number of aryl methyl sites for hydroxylation is 1. The summed E-state index contributed by atoms with van der Waals surface area (Å²) in [6, 6.07) is 3.34. The molecule has 6 heteroatoms. The molecular formula is C14H21NO4S. The van der Waals surface area contributed by atoms with Gasteiger partial charge in [-0.25, -0.2) is 5.06 Å². The van der Waals surface area contributed by atoms with Gasteiger partial charge < -0.3 is 5.11 Å². The Labute approximate surface area is 122 Å². The van der Waals surface area contributed by atoms with Gasteiger partial charge in [-0.15, -0.1) is 11.3 Å². The van der Waals surface area contributed by atoms with E-state index in [0.717, 1.165) is 12.8 Å². The van der Waals surface area contributed by atoms with Crippen molar-refractivity contribution >= 4 is 23.7 Å². The van der Waals surface area contributed by atoms with Crippen LogP contribution in [0.5, 0.6) is 0 Å². The topological polar surface area (TPSA) is 77.8 Å². The smallest absolute Gasteiger partial charge is 0.308 e. The molecule has 2 N–H and O–H groups in total. The molecule has 0 saturated heterocycles. The van der Waals surface area contributed by atoms with Crippen molar-refractivity contribution in [3.05, 3.63) is 22.4 Å². The van der Waals surface area contributed by atoms with E-state index in [1.165, 1.54) is 4.88 Å². The molecule has 2 atom stereocenters. The molecule has 0 fully saturated rings. The molecule has 0 radical (unpaired) electrons. The number of amides is 1. The average molecular weight is 299 g/mol. The molecule has 0 aliphatic rings. The summed E-state index contributed by atoms with van der Waals surface area (Å²) in [6.45, 7) is 1.90. The van der Waals surface area contributed by atoms with Gasteiger partial charge in [0, 0.05) is 4.88 Å². The van der Waals surface area contributed by atoms with Gasteiger partial charge >= 0.3 is 5.97 Å². The Morgan fingerprint density at radius 2 is 2.25 bits per heavy atom. The summed E-state index contributed by atoms with van der Waals surface area (Å²) in [4.78, 5) is 23.3. The number of carbonyl (C=O) groups excluding carboxylic acids is 1. The lowest BCUT2D eigenvalue weighted by Gasteiger charge is -2.27. The van der Waals surface area contributed by atoms with Gasteiger partial charge in [0.05, 0.1) is 12.0 Å². The van der Waals surface area contributed by atoms with E-state index in [9.17, 15) is 19.9 Å². The van der Waals surface area contributed by atoms with E-state index < -0.39 is 17.9 Å². The summed E-state index contributed by atoms with van der Waals surface area (Å²) in [5, 5.41) is 21.4. The normalized spacial score (nSPS) is 13.7. The third-order valence-corrected chi connectivity index (χ3v) is 4.27. The van der Waals surface area contributed by atoms with Crippen molar-refractivity contribution in [3.8, 4) is 0 Å². The quantitative estimate of drug-likeness (QED) is 0.395. The highest BCUT2D eigenvalue weighted by atomic mass is 32.1. The van der Waals surface area contributed by atoms with Crippen molar-refractivity contribution in [1.29, 1.82) is 0 Å². The second kappa shape index (κ2) is 8.71. The van der Waals surface area contributed by atoms with Crippen molar-refractivity contribution in [2.24, 2.45) is 5.92 Å². The summed E-state index contributed by atoms with van der Waals surface area (Å²) in [7, 11) is 0. The zero-order valence-corrected chi connectivity index (χ0v) is 12.4. The van der Waals surface area contributed by atoms with E-state index in [1.54, 1.807) is 11.3 Å². The molecule has 112 valence electrons. The second-order valence-electron chi connectivity index (χ2n) is 4.76. The fourth-order valence-corrected chi connectivity index (χ4v) is 3.07. The third-order valence-electron chi connectivity index (χ3n) is 3.33. The summed E-state index contributed by atoms with van der Waals surface area (Å²) >= 11 is 1.65.